The Kier molecular flexibility index (Phi) is 7.45. The molecule has 0 spiro atoms. The lowest BCUT2D eigenvalue weighted by Gasteiger charge is -2.24. The van der Waals surface area contributed by atoms with E-state index in [0.717, 1.165) is 6.42 Å². The fourth-order valence-electron chi connectivity index (χ4n) is 1.44. The minimum Gasteiger partial charge on any atom is -0.480 e. The minimum atomic E-state index is -0.698. The van der Waals surface area contributed by atoms with E-state index < -0.39 is 12.6 Å². The molecule has 1 N–H and O–H groups in total. The predicted octanol–water partition coefficient (Wildman–Crippen LogP) is 3.87. The Balaban J connectivity index is 2.43. The molecule has 0 saturated heterocycles. The summed E-state index contributed by atoms with van der Waals surface area (Å²) in [6.45, 7) is 4.92. The predicted molar refractivity (Wildman–Crippen MR) is 90.4 cm³/mol. The molecule has 0 aromatic heterocycles. The molecule has 23 heavy (non-hydrogen) atoms. The number of benzene rings is 1. The summed E-state index contributed by atoms with van der Waals surface area (Å²) in [5, 5.41) is 3.49. The standard InChI is InChI=1S/C15H18Cl3NO4/c1-4-15(2,3)19-13(20)7-23-14(21)8-22-12-6-10(17)9(16)5-11(12)18/h5-6H,4,7-8H2,1-3H3,(H,19,20). The van der Waals surface area contributed by atoms with Crippen LogP contribution >= 0.6 is 34.8 Å². The number of carbonyl (C=O) groups excluding carboxylic acids is 2. The SMILES string of the molecule is CCC(C)(C)NC(=O)COC(=O)COc1cc(Cl)c(Cl)cc1Cl. The van der Waals surface area contributed by atoms with Crippen LogP contribution in [0.5, 0.6) is 5.75 Å². The second kappa shape index (κ2) is 8.62. The minimum absolute atomic E-state index is 0.203. The van der Waals surface area contributed by atoms with E-state index in [0.29, 0.717) is 0 Å². The highest BCUT2D eigenvalue weighted by molar-refractivity contribution is 6.43. The average molecular weight is 383 g/mol. The van der Waals surface area contributed by atoms with Crippen molar-refractivity contribution in [1.29, 1.82) is 0 Å². The van der Waals surface area contributed by atoms with Crippen molar-refractivity contribution in [3.8, 4) is 5.75 Å². The molecule has 1 rings (SSSR count). The highest BCUT2D eigenvalue weighted by Gasteiger charge is 2.19. The van der Waals surface area contributed by atoms with Gasteiger partial charge in [0, 0.05) is 11.6 Å². The first kappa shape index (κ1) is 19.9. The van der Waals surface area contributed by atoms with Crippen molar-refractivity contribution in [2.75, 3.05) is 13.2 Å². The molecule has 128 valence electrons. The highest BCUT2D eigenvalue weighted by atomic mass is 35.5. The Labute approximate surface area is 150 Å². The lowest BCUT2D eigenvalue weighted by atomic mass is 10.0. The second-order valence-corrected chi connectivity index (χ2v) is 6.65. The third kappa shape index (κ3) is 6.85. The summed E-state index contributed by atoms with van der Waals surface area (Å²) < 4.78 is 10.0. The quantitative estimate of drug-likeness (QED) is 0.574. The number of nitrogens with one attached hydrogen (secondary N) is 1. The van der Waals surface area contributed by atoms with E-state index in [4.69, 9.17) is 44.3 Å². The molecule has 0 bridgehead atoms. The average Bonchev–Trinajstić information content (AvgIpc) is 2.47. The monoisotopic (exact) mass is 381 g/mol. The molecular formula is C15H18Cl3NO4. The van der Waals surface area contributed by atoms with Crippen molar-refractivity contribution in [2.45, 2.75) is 32.7 Å². The molecule has 5 nitrogen and oxygen atoms in total. The van der Waals surface area contributed by atoms with E-state index in [1.165, 1.54) is 12.1 Å². The molecule has 0 aliphatic carbocycles. The van der Waals surface area contributed by atoms with Gasteiger partial charge in [-0.25, -0.2) is 4.79 Å². The fourth-order valence-corrected chi connectivity index (χ4v) is 2.03. The van der Waals surface area contributed by atoms with Gasteiger partial charge in [0.1, 0.15) is 5.75 Å². The fraction of sp³-hybridized carbons (Fsp3) is 0.467. The Morgan fingerprint density at radius 2 is 1.70 bits per heavy atom. The third-order valence-corrected chi connectivity index (χ3v) is 4.06. The van der Waals surface area contributed by atoms with Crippen LogP contribution in [0.15, 0.2) is 12.1 Å². The van der Waals surface area contributed by atoms with Gasteiger partial charge >= 0.3 is 5.97 Å². The van der Waals surface area contributed by atoms with Crippen LogP contribution in [-0.4, -0.2) is 30.6 Å². The zero-order valence-corrected chi connectivity index (χ0v) is 15.3. The van der Waals surface area contributed by atoms with Crippen molar-refractivity contribution >= 4 is 46.7 Å². The first-order valence-corrected chi connectivity index (χ1v) is 8.02. The summed E-state index contributed by atoms with van der Waals surface area (Å²) >= 11 is 17.5. The first-order valence-electron chi connectivity index (χ1n) is 6.88. The molecule has 0 radical (unpaired) electrons. The zero-order valence-electron chi connectivity index (χ0n) is 13.0. The summed E-state index contributed by atoms with van der Waals surface area (Å²) in [4.78, 5) is 23.2. The molecule has 0 atom stereocenters. The molecule has 0 unspecified atom stereocenters. The van der Waals surface area contributed by atoms with Gasteiger partial charge in [-0.05, 0) is 26.3 Å². The van der Waals surface area contributed by atoms with E-state index in [1.54, 1.807) is 0 Å². The number of ether oxygens (including phenoxy) is 2. The van der Waals surface area contributed by atoms with E-state index in [9.17, 15) is 9.59 Å². The summed E-state index contributed by atoms with van der Waals surface area (Å²) in [6.07, 6.45) is 0.756. The van der Waals surface area contributed by atoms with Crippen LogP contribution in [0.1, 0.15) is 27.2 Å². The number of halogens is 3. The highest BCUT2D eigenvalue weighted by Crippen LogP contribution is 2.33. The van der Waals surface area contributed by atoms with E-state index in [2.05, 4.69) is 5.32 Å². The molecule has 0 heterocycles. The molecule has 1 aromatic carbocycles. The number of carbonyl (C=O) groups is 2. The van der Waals surface area contributed by atoms with Gasteiger partial charge in [0.25, 0.3) is 5.91 Å². The van der Waals surface area contributed by atoms with Crippen molar-refractivity contribution in [2.24, 2.45) is 0 Å². The Morgan fingerprint density at radius 3 is 2.30 bits per heavy atom. The van der Waals surface area contributed by atoms with Gasteiger partial charge in [0.2, 0.25) is 0 Å². The maximum Gasteiger partial charge on any atom is 0.344 e. The summed E-state index contributed by atoms with van der Waals surface area (Å²) in [5.74, 6) is -0.871. The second-order valence-electron chi connectivity index (χ2n) is 5.43. The molecule has 0 aliphatic rings. The van der Waals surface area contributed by atoms with E-state index >= 15 is 0 Å². The van der Waals surface area contributed by atoms with Gasteiger partial charge in [-0.1, -0.05) is 41.7 Å². The Hall–Kier alpha value is -1.17. The largest absolute Gasteiger partial charge is 0.480 e. The van der Waals surface area contributed by atoms with Gasteiger partial charge in [-0.2, -0.15) is 0 Å². The normalized spacial score (nSPS) is 11.0. The van der Waals surface area contributed by atoms with Gasteiger partial charge in [-0.3, -0.25) is 4.79 Å². The Bertz CT molecular complexity index is 590. The smallest absolute Gasteiger partial charge is 0.344 e. The summed E-state index contributed by atoms with van der Waals surface area (Å²) in [7, 11) is 0. The first-order chi connectivity index (χ1) is 10.6. The van der Waals surface area contributed by atoms with Gasteiger partial charge < -0.3 is 14.8 Å². The van der Waals surface area contributed by atoms with E-state index in [-0.39, 0.29) is 38.9 Å². The van der Waals surface area contributed by atoms with Crippen LogP contribution in [0.3, 0.4) is 0 Å². The summed E-state index contributed by atoms with van der Waals surface area (Å²) in [5.41, 5.74) is -0.354. The number of hydrogen-bond donors (Lipinski definition) is 1. The van der Waals surface area contributed by atoms with Crippen molar-refractivity contribution in [3.05, 3.63) is 27.2 Å². The Morgan fingerprint density at radius 1 is 1.09 bits per heavy atom. The van der Waals surface area contributed by atoms with Gasteiger partial charge in [0.05, 0.1) is 15.1 Å². The van der Waals surface area contributed by atoms with Crippen LogP contribution in [0.2, 0.25) is 15.1 Å². The van der Waals surface area contributed by atoms with Crippen molar-refractivity contribution < 1.29 is 19.1 Å². The number of esters is 1. The topological polar surface area (TPSA) is 64.6 Å². The summed E-state index contributed by atoms with van der Waals surface area (Å²) in [6, 6.07) is 2.81. The van der Waals surface area contributed by atoms with Crippen molar-refractivity contribution in [1.82, 2.24) is 5.32 Å². The maximum absolute atomic E-state index is 11.7. The van der Waals surface area contributed by atoms with Crippen molar-refractivity contribution in [3.63, 3.8) is 0 Å². The third-order valence-electron chi connectivity index (χ3n) is 3.05. The number of amides is 1. The number of rotatable bonds is 7. The van der Waals surface area contributed by atoms with Gasteiger partial charge in [-0.15, -0.1) is 0 Å². The lowest BCUT2D eigenvalue weighted by molar-refractivity contribution is -0.150. The molecule has 1 aromatic rings. The maximum atomic E-state index is 11.7. The van der Waals surface area contributed by atoms with E-state index in [1.807, 2.05) is 20.8 Å². The zero-order chi connectivity index (χ0) is 17.6. The van der Waals surface area contributed by atoms with Crippen LogP contribution in [0.4, 0.5) is 0 Å². The molecule has 0 saturated carbocycles. The molecule has 0 fully saturated rings. The van der Waals surface area contributed by atoms with Crippen LogP contribution in [-0.2, 0) is 14.3 Å². The van der Waals surface area contributed by atoms with Crippen LogP contribution in [0.25, 0.3) is 0 Å². The lowest BCUT2D eigenvalue weighted by Crippen LogP contribution is -2.44. The molecule has 1 amide bonds. The molecular weight excluding hydrogens is 365 g/mol. The van der Waals surface area contributed by atoms with Crippen LogP contribution < -0.4 is 10.1 Å². The molecule has 8 heteroatoms. The van der Waals surface area contributed by atoms with Crippen LogP contribution in [0, 0.1) is 0 Å². The number of hydrogen-bond acceptors (Lipinski definition) is 4. The van der Waals surface area contributed by atoms with Gasteiger partial charge in [0.15, 0.2) is 13.2 Å². The molecule has 0 aliphatic heterocycles.